The lowest BCUT2D eigenvalue weighted by Crippen LogP contribution is -2.18. The van der Waals surface area contributed by atoms with Gasteiger partial charge in [0.1, 0.15) is 0 Å². The van der Waals surface area contributed by atoms with E-state index in [-0.39, 0.29) is 0 Å². The highest BCUT2D eigenvalue weighted by Crippen LogP contribution is 2.32. The maximum atomic E-state index is 5.34. The molecule has 1 aliphatic heterocycles. The SMILES string of the molecule is CCCN(C)Cc1ccc2c(c1)OCO2. The van der Waals surface area contributed by atoms with Gasteiger partial charge < -0.3 is 14.4 Å². The van der Waals surface area contributed by atoms with Crippen LogP contribution in [0.25, 0.3) is 0 Å². The van der Waals surface area contributed by atoms with E-state index in [1.165, 1.54) is 12.0 Å². The van der Waals surface area contributed by atoms with Crippen molar-refractivity contribution in [3.8, 4) is 11.5 Å². The Bertz CT molecular complexity index is 338. The molecule has 0 unspecified atom stereocenters. The maximum Gasteiger partial charge on any atom is 0.231 e. The van der Waals surface area contributed by atoms with Crippen LogP contribution in [0.15, 0.2) is 18.2 Å². The second-order valence-corrected chi connectivity index (χ2v) is 3.93. The number of hydrogen-bond acceptors (Lipinski definition) is 3. The van der Waals surface area contributed by atoms with Gasteiger partial charge in [-0.2, -0.15) is 0 Å². The highest BCUT2D eigenvalue weighted by molar-refractivity contribution is 5.44. The first-order chi connectivity index (χ1) is 7.29. The van der Waals surface area contributed by atoms with Gasteiger partial charge in [-0.05, 0) is 37.7 Å². The summed E-state index contributed by atoms with van der Waals surface area (Å²) in [7, 11) is 2.13. The Morgan fingerprint density at radius 1 is 1.27 bits per heavy atom. The van der Waals surface area contributed by atoms with E-state index >= 15 is 0 Å². The zero-order chi connectivity index (χ0) is 10.7. The molecule has 0 spiro atoms. The van der Waals surface area contributed by atoms with Crippen LogP contribution in [0.4, 0.5) is 0 Å². The Hall–Kier alpha value is -1.22. The summed E-state index contributed by atoms with van der Waals surface area (Å²) in [5.74, 6) is 1.73. The van der Waals surface area contributed by atoms with E-state index in [1.54, 1.807) is 0 Å². The molecule has 0 N–H and O–H groups in total. The van der Waals surface area contributed by atoms with Crippen molar-refractivity contribution in [1.29, 1.82) is 0 Å². The Kier molecular flexibility index (Phi) is 3.11. The van der Waals surface area contributed by atoms with Crippen molar-refractivity contribution in [3.05, 3.63) is 23.8 Å². The van der Waals surface area contributed by atoms with Crippen LogP contribution in [0.2, 0.25) is 0 Å². The summed E-state index contributed by atoms with van der Waals surface area (Å²) < 4.78 is 10.6. The average Bonchev–Trinajstić information content (AvgIpc) is 2.65. The first kappa shape index (κ1) is 10.3. The molecule has 15 heavy (non-hydrogen) atoms. The third-order valence-corrected chi connectivity index (χ3v) is 2.49. The summed E-state index contributed by atoms with van der Waals surface area (Å²) in [5, 5.41) is 0. The summed E-state index contributed by atoms with van der Waals surface area (Å²) in [6.07, 6.45) is 1.18. The van der Waals surface area contributed by atoms with Crippen molar-refractivity contribution in [2.45, 2.75) is 19.9 Å². The van der Waals surface area contributed by atoms with Crippen LogP contribution >= 0.6 is 0 Å². The van der Waals surface area contributed by atoms with Gasteiger partial charge >= 0.3 is 0 Å². The third kappa shape index (κ3) is 2.42. The molecule has 2 rings (SSSR count). The van der Waals surface area contributed by atoms with Gasteiger partial charge in [0.25, 0.3) is 0 Å². The number of benzene rings is 1. The van der Waals surface area contributed by atoms with Gasteiger partial charge in [0, 0.05) is 6.54 Å². The molecule has 82 valence electrons. The lowest BCUT2D eigenvalue weighted by atomic mass is 10.2. The maximum absolute atomic E-state index is 5.34. The summed E-state index contributed by atoms with van der Waals surface area (Å²) >= 11 is 0. The molecule has 3 heteroatoms. The second kappa shape index (κ2) is 4.53. The van der Waals surface area contributed by atoms with E-state index in [2.05, 4.69) is 31.0 Å². The van der Waals surface area contributed by atoms with Crippen LogP contribution in [0, 0.1) is 0 Å². The fraction of sp³-hybridized carbons (Fsp3) is 0.500. The molecule has 0 aromatic heterocycles. The van der Waals surface area contributed by atoms with Crippen LogP contribution in [-0.2, 0) is 6.54 Å². The molecule has 1 aromatic carbocycles. The van der Waals surface area contributed by atoms with Crippen LogP contribution < -0.4 is 9.47 Å². The standard InChI is InChI=1S/C12H17NO2/c1-3-6-13(2)8-10-4-5-11-12(7-10)15-9-14-11/h4-5,7H,3,6,8-9H2,1-2H3. The number of ether oxygens (including phenoxy) is 2. The second-order valence-electron chi connectivity index (χ2n) is 3.93. The van der Waals surface area contributed by atoms with E-state index < -0.39 is 0 Å². The molecule has 0 saturated heterocycles. The lowest BCUT2D eigenvalue weighted by Gasteiger charge is -2.15. The zero-order valence-corrected chi connectivity index (χ0v) is 9.32. The smallest absolute Gasteiger partial charge is 0.231 e. The summed E-state index contributed by atoms with van der Waals surface area (Å²) in [5.41, 5.74) is 1.27. The molecule has 3 nitrogen and oxygen atoms in total. The molecule has 0 radical (unpaired) electrons. The van der Waals surface area contributed by atoms with Crippen LogP contribution in [0.1, 0.15) is 18.9 Å². The summed E-state index contributed by atoms with van der Waals surface area (Å²) in [4.78, 5) is 2.30. The minimum absolute atomic E-state index is 0.351. The zero-order valence-electron chi connectivity index (χ0n) is 9.32. The van der Waals surface area contributed by atoms with Gasteiger partial charge in [0.05, 0.1) is 0 Å². The highest BCUT2D eigenvalue weighted by atomic mass is 16.7. The van der Waals surface area contributed by atoms with Gasteiger partial charge in [-0.3, -0.25) is 0 Å². The quantitative estimate of drug-likeness (QED) is 0.756. The minimum Gasteiger partial charge on any atom is -0.454 e. The molecule has 0 atom stereocenters. The number of nitrogens with zero attached hydrogens (tertiary/aromatic N) is 1. The molecule has 1 heterocycles. The molecule has 1 aliphatic rings. The molecule has 1 aromatic rings. The number of fused-ring (bicyclic) bond motifs is 1. The molecule has 0 fully saturated rings. The molecular formula is C12H17NO2. The Morgan fingerprint density at radius 2 is 2.07 bits per heavy atom. The van der Waals surface area contributed by atoms with Crippen molar-refractivity contribution >= 4 is 0 Å². The monoisotopic (exact) mass is 207 g/mol. The molecular weight excluding hydrogens is 190 g/mol. The van der Waals surface area contributed by atoms with Crippen LogP contribution in [0.3, 0.4) is 0 Å². The first-order valence-corrected chi connectivity index (χ1v) is 5.36. The van der Waals surface area contributed by atoms with E-state index in [1.807, 2.05) is 6.07 Å². The first-order valence-electron chi connectivity index (χ1n) is 5.36. The van der Waals surface area contributed by atoms with E-state index in [4.69, 9.17) is 9.47 Å². The highest BCUT2D eigenvalue weighted by Gasteiger charge is 2.13. The van der Waals surface area contributed by atoms with Crippen LogP contribution in [-0.4, -0.2) is 25.3 Å². The number of rotatable bonds is 4. The Morgan fingerprint density at radius 3 is 2.87 bits per heavy atom. The lowest BCUT2D eigenvalue weighted by molar-refractivity contribution is 0.174. The summed E-state index contributed by atoms with van der Waals surface area (Å²) in [6.45, 7) is 4.62. The summed E-state index contributed by atoms with van der Waals surface area (Å²) in [6, 6.07) is 6.14. The van der Waals surface area contributed by atoms with Crippen LogP contribution in [0.5, 0.6) is 11.5 Å². The van der Waals surface area contributed by atoms with Gasteiger partial charge in [-0.25, -0.2) is 0 Å². The van der Waals surface area contributed by atoms with Gasteiger partial charge in [-0.15, -0.1) is 0 Å². The molecule has 0 saturated carbocycles. The third-order valence-electron chi connectivity index (χ3n) is 2.49. The predicted molar refractivity (Wildman–Crippen MR) is 59.2 cm³/mol. The molecule has 0 aliphatic carbocycles. The topological polar surface area (TPSA) is 21.7 Å². The normalized spacial score (nSPS) is 13.5. The Labute approximate surface area is 90.6 Å². The van der Waals surface area contributed by atoms with Crippen molar-refractivity contribution < 1.29 is 9.47 Å². The number of hydrogen-bond donors (Lipinski definition) is 0. The van der Waals surface area contributed by atoms with Crippen molar-refractivity contribution in [2.75, 3.05) is 20.4 Å². The fourth-order valence-electron chi connectivity index (χ4n) is 1.81. The van der Waals surface area contributed by atoms with Gasteiger partial charge in [0.2, 0.25) is 6.79 Å². The Balaban J connectivity index is 2.03. The van der Waals surface area contributed by atoms with Crippen molar-refractivity contribution in [3.63, 3.8) is 0 Å². The average molecular weight is 207 g/mol. The molecule has 0 bridgehead atoms. The van der Waals surface area contributed by atoms with Crippen molar-refractivity contribution in [2.24, 2.45) is 0 Å². The van der Waals surface area contributed by atoms with E-state index in [0.717, 1.165) is 24.6 Å². The van der Waals surface area contributed by atoms with E-state index in [0.29, 0.717) is 6.79 Å². The minimum atomic E-state index is 0.351. The van der Waals surface area contributed by atoms with Crippen molar-refractivity contribution in [1.82, 2.24) is 4.90 Å². The van der Waals surface area contributed by atoms with Gasteiger partial charge in [0.15, 0.2) is 11.5 Å². The van der Waals surface area contributed by atoms with Gasteiger partial charge in [-0.1, -0.05) is 13.0 Å². The largest absolute Gasteiger partial charge is 0.454 e. The van der Waals surface area contributed by atoms with E-state index in [9.17, 15) is 0 Å². The fourth-order valence-corrected chi connectivity index (χ4v) is 1.81. The predicted octanol–water partition coefficient (Wildman–Crippen LogP) is 2.26. The molecule has 0 amide bonds.